The number of amides is 1. The molecule has 1 unspecified atom stereocenters. The van der Waals surface area contributed by atoms with Crippen LogP contribution in [0.15, 0.2) is 59.6 Å². The van der Waals surface area contributed by atoms with E-state index in [0.29, 0.717) is 23.9 Å². The number of halogens is 1. The molecule has 0 radical (unpaired) electrons. The van der Waals surface area contributed by atoms with Gasteiger partial charge in [-0.3, -0.25) is 4.79 Å². The highest BCUT2D eigenvalue weighted by atomic mass is 35.5. The summed E-state index contributed by atoms with van der Waals surface area (Å²) in [5, 5.41) is 15.1. The molecule has 11 heteroatoms. The smallest absolute Gasteiger partial charge is 0.229 e. The molecule has 1 atom stereocenters. The van der Waals surface area contributed by atoms with Crippen LogP contribution in [0.25, 0.3) is 22.2 Å². The van der Waals surface area contributed by atoms with Crippen molar-refractivity contribution in [3.8, 4) is 11.1 Å². The highest BCUT2D eigenvalue weighted by Crippen LogP contribution is 2.31. The summed E-state index contributed by atoms with van der Waals surface area (Å²) in [6.45, 7) is 2.02. The molecule has 2 aromatic heterocycles. The molecule has 0 spiro atoms. The molecule has 2 N–H and O–H groups in total. The second-order valence-electron chi connectivity index (χ2n) is 8.95. The number of pyridine rings is 1. The summed E-state index contributed by atoms with van der Waals surface area (Å²) in [6.07, 6.45) is 4.54. The number of nitrogens with zero attached hydrogens (tertiary/aromatic N) is 4. The molecule has 5 rings (SSSR count). The minimum atomic E-state index is -3.26. The Labute approximate surface area is 213 Å². The van der Waals surface area contributed by atoms with Crippen LogP contribution >= 0.6 is 11.6 Å². The molecule has 0 saturated carbocycles. The average Bonchev–Trinajstić information content (AvgIpc) is 3.27. The highest BCUT2D eigenvalue weighted by molar-refractivity contribution is 7.90. The number of carbonyl (C=O) groups excluding carboxylic acids is 1. The molecule has 1 saturated heterocycles. The molecule has 36 heavy (non-hydrogen) atoms. The van der Waals surface area contributed by atoms with Gasteiger partial charge in [0.05, 0.1) is 27.9 Å². The van der Waals surface area contributed by atoms with Crippen LogP contribution < -0.4 is 10.6 Å². The number of fused-ring (bicyclic) bond motifs is 1. The maximum absolute atomic E-state index is 12.7. The lowest BCUT2D eigenvalue weighted by Gasteiger charge is -2.21. The van der Waals surface area contributed by atoms with Crippen molar-refractivity contribution in [2.45, 2.75) is 24.3 Å². The van der Waals surface area contributed by atoms with Gasteiger partial charge in [-0.1, -0.05) is 35.0 Å². The minimum absolute atomic E-state index is 0.0532. The van der Waals surface area contributed by atoms with Crippen LogP contribution in [0.5, 0.6) is 0 Å². The van der Waals surface area contributed by atoms with Crippen molar-refractivity contribution in [2.75, 3.05) is 24.7 Å². The Morgan fingerprint density at radius 1 is 1.19 bits per heavy atom. The van der Waals surface area contributed by atoms with Crippen LogP contribution in [0.4, 0.5) is 5.82 Å². The topological polar surface area (TPSA) is 119 Å². The SMILES string of the molecule is CS(=O)(=O)c1ccc(Cn2nnc3ccc(-c4cc(NC(=O)C5CCCNC5)ncc4Cl)cc32)cc1. The zero-order valence-electron chi connectivity index (χ0n) is 19.6. The van der Waals surface area contributed by atoms with E-state index in [9.17, 15) is 13.2 Å². The number of sulfone groups is 1. The average molecular weight is 525 g/mol. The lowest BCUT2D eigenvalue weighted by Crippen LogP contribution is -2.37. The summed E-state index contributed by atoms with van der Waals surface area (Å²) in [5.41, 5.74) is 3.97. The fraction of sp³-hybridized carbons (Fsp3) is 0.280. The van der Waals surface area contributed by atoms with Gasteiger partial charge in [-0.2, -0.15) is 0 Å². The lowest BCUT2D eigenvalue weighted by molar-refractivity contribution is -0.120. The lowest BCUT2D eigenvalue weighted by atomic mass is 9.99. The van der Waals surface area contributed by atoms with Crippen molar-refractivity contribution in [1.82, 2.24) is 25.3 Å². The number of rotatable bonds is 6. The van der Waals surface area contributed by atoms with Crippen molar-refractivity contribution < 1.29 is 13.2 Å². The Balaban J connectivity index is 1.41. The summed E-state index contributed by atoms with van der Waals surface area (Å²) in [7, 11) is -3.26. The van der Waals surface area contributed by atoms with E-state index in [1.54, 1.807) is 35.0 Å². The van der Waals surface area contributed by atoms with Gasteiger partial charge in [-0.05, 0) is 60.8 Å². The van der Waals surface area contributed by atoms with Gasteiger partial charge in [0, 0.05) is 24.6 Å². The molecule has 2 aromatic carbocycles. The Hall–Kier alpha value is -3.34. The summed E-state index contributed by atoms with van der Waals surface area (Å²) in [5.74, 6) is 0.313. The molecular weight excluding hydrogens is 500 g/mol. The fourth-order valence-electron chi connectivity index (χ4n) is 4.30. The van der Waals surface area contributed by atoms with E-state index in [1.807, 2.05) is 18.2 Å². The second kappa shape index (κ2) is 9.96. The number of anilines is 1. The largest absolute Gasteiger partial charge is 0.316 e. The number of hydrogen-bond acceptors (Lipinski definition) is 7. The van der Waals surface area contributed by atoms with Crippen LogP contribution in [0.2, 0.25) is 5.02 Å². The minimum Gasteiger partial charge on any atom is -0.316 e. The fourth-order valence-corrected chi connectivity index (χ4v) is 5.14. The van der Waals surface area contributed by atoms with Crippen molar-refractivity contribution in [3.63, 3.8) is 0 Å². The van der Waals surface area contributed by atoms with E-state index >= 15 is 0 Å². The van der Waals surface area contributed by atoms with E-state index in [4.69, 9.17) is 11.6 Å². The molecule has 186 valence electrons. The standard InChI is InChI=1S/C25H25ClN6O3S/c1-36(34,35)19-7-4-16(5-8-19)15-32-23-11-17(6-9-22(23)30-31-32)20-12-24(28-14-21(20)26)29-25(33)18-3-2-10-27-13-18/h4-9,11-12,14,18,27H,2-3,10,13,15H2,1H3,(H,28,29,33). The molecule has 1 amide bonds. The van der Waals surface area contributed by atoms with Crippen molar-refractivity contribution in [3.05, 3.63) is 65.3 Å². The maximum Gasteiger partial charge on any atom is 0.229 e. The van der Waals surface area contributed by atoms with E-state index in [0.717, 1.165) is 47.1 Å². The Bertz CT molecular complexity index is 1530. The molecule has 9 nitrogen and oxygen atoms in total. The van der Waals surface area contributed by atoms with Crippen LogP contribution in [-0.4, -0.2) is 53.6 Å². The predicted molar refractivity (Wildman–Crippen MR) is 139 cm³/mol. The van der Waals surface area contributed by atoms with Gasteiger partial charge in [-0.15, -0.1) is 5.10 Å². The monoisotopic (exact) mass is 524 g/mol. The number of piperidine rings is 1. The number of carbonyl (C=O) groups is 1. The second-order valence-corrected chi connectivity index (χ2v) is 11.4. The quantitative estimate of drug-likeness (QED) is 0.396. The number of aromatic nitrogens is 4. The van der Waals surface area contributed by atoms with E-state index in [2.05, 4.69) is 25.9 Å². The first-order chi connectivity index (χ1) is 17.3. The van der Waals surface area contributed by atoms with E-state index in [-0.39, 0.29) is 16.7 Å². The van der Waals surface area contributed by atoms with Crippen molar-refractivity contribution >= 4 is 44.2 Å². The Kier molecular flexibility index (Phi) is 6.74. The Morgan fingerprint density at radius 3 is 2.72 bits per heavy atom. The van der Waals surface area contributed by atoms with Gasteiger partial charge in [0.2, 0.25) is 5.91 Å². The highest BCUT2D eigenvalue weighted by Gasteiger charge is 2.21. The third-order valence-electron chi connectivity index (χ3n) is 6.28. The van der Waals surface area contributed by atoms with Crippen LogP contribution in [0, 0.1) is 5.92 Å². The summed E-state index contributed by atoms with van der Waals surface area (Å²) in [4.78, 5) is 17.2. The molecule has 0 bridgehead atoms. The molecular formula is C25H25ClN6O3S. The maximum atomic E-state index is 12.7. The van der Waals surface area contributed by atoms with Crippen molar-refractivity contribution in [1.29, 1.82) is 0 Å². The number of benzene rings is 2. The molecule has 3 heterocycles. The third-order valence-corrected chi connectivity index (χ3v) is 7.71. The summed E-state index contributed by atoms with van der Waals surface area (Å²) < 4.78 is 25.2. The molecule has 0 aliphatic carbocycles. The van der Waals surface area contributed by atoms with Crippen LogP contribution in [0.3, 0.4) is 0 Å². The van der Waals surface area contributed by atoms with E-state index in [1.165, 1.54) is 12.5 Å². The first-order valence-electron chi connectivity index (χ1n) is 11.6. The summed E-state index contributed by atoms with van der Waals surface area (Å²) >= 11 is 6.49. The molecule has 1 aliphatic rings. The molecule has 1 aliphatic heterocycles. The van der Waals surface area contributed by atoms with E-state index < -0.39 is 9.84 Å². The Morgan fingerprint density at radius 2 is 2.00 bits per heavy atom. The molecule has 1 fully saturated rings. The third kappa shape index (κ3) is 5.25. The number of nitrogens with one attached hydrogen (secondary N) is 2. The van der Waals surface area contributed by atoms with Gasteiger partial charge in [0.15, 0.2) is 9.84 Å². The van der Waals surface area contributed by atoms with Crippen LogP contribution in [-0.2, 0) is 21.2 Å². The van der Waals surface area contributed by atoms with Gasteiger partial charge in [0.1, 0.15) is 11.3 Å². The normalized spacial score (nSPS) is 16.2. The molecule has 4 aromatic rings. The van der Waals surface area contributed by atoms with Gasteiger partial charge >= 0.3 is 0 Å². The first kappa shape index (κ1) is 24.4. The van der Waals surface area contributed by atoms with Crippen molar-refractivity contribution in [2.24, 2.45) is 5.92 Å². The van der Waals surface area contributed by atoms with Gasteiger partial charge in [-0.25, -0.2) is 18.1 Å². The number of hydrogen-bond donors (Lipinski definition) is 2. The zero-order chi connectivity index (χ0) is 25.3. The van der Waals surface area contributed by atoms with Gasteiger partial charge < -0.3 is 10.6 Å². The zero-order valence-corrected chi connectivity index (χ0v) is 21.2. The summed E-state index contributed by atoms with van der Waals surface area (Å²) in [6, 6.07) is 14.2. The predicted octanol–water partition coefficient (Wildman–Crippen LogP) is 3.54. The van der Waals surface area contributed by atoms with Crippen LogP contribution in [0.1, 0.15) is 18.4 Å². The first-order valence-corrected chi connectivity index (χ1v) is 13.8. The van der Waals surface area contributed by atoms with Gasteiger partial charge in [0.25, 0.3) is 0 Å².